The van der Waals surface area contributed by atoms with Crippen LogP contribution in [0, 0.1) is 0 Å². The summed E-state index contributed by atoms with van der Waals surface area (Å²) in [5.41, 5.74) is 2.16. The van der Waals surface area contributed by atoms with E-state index in [1.54, 1.807) is 11.3 Å². The highest BCUT2D eigenvalue weighted by molar-refractivity contribution is 7.19. The van der Waals surface area contributed by atoms with Crippen LogP contribution >= 0.6 is 11.3 Å². The van der Waals surface area contributed by atoms with Crippen molar-refractivity contribution in [2.75, 3.05) is 0 Å². The number of rotatable bonds is 0. The maximum Gasteiger partial charge on any atom is 0.263 e. The van der Waals surface area contributed by atoms with E-state index < -0.39 is 0 Å². The van der Waals surface area contributed by atoms with Crippen LogP contribution in [0.25, 0.3) is 37.3 Å². The first-order chi connectivity index (χ1) is 9.86. The lowest BCUT2D eigenvalue weighted by Gasteiger charge is -2.02. The van der Waals surface area contributed by atoms with E-state index >= 15 is 0 Å². The highest BCUT2D eigenvalue weighted by atomic mass is 32.1. The molecule has 0 N–H and O–H groups in total. The van der Waals surface area contributed by atoms with Crippen LogP contribution in [0.1, 0.15) is 0 Å². The lowest BCUT2D eigenvalue weighted by atomic mass is 10.1. The molecule has 2 nitrogen and oxygen atoms in total. The van der Waals surface area contributed by atoms with E-state index in [0.29, 0.717) is 0 Å². The van der Waals surface area contributed by atoms with E-state index in [-0.39, 0.29) is 5.56 Å². The van der Waals surface area contributed by atoms with Gasteiger partial charge in [0.05, 0.1) is 15.7 Å². The first-order valence-corrected chi connectivity index (χ1v) is 7.39. The molecule has 0 aliphatic carbocycles. The van der Waals surface area contributed by atoms with Crippen molar-refractivity contribution in [3.8, 4) is 0 Å². The van der Waals surface area contributed by atoms with Gasteiger partial charge in [-0.25, -0.2) is 0 Å². The second-order valence-electron chi connectivity index (χ2n) is 5.03. The predicted molar refractivity (Wildman–Crippen MR) is 85.2 cm³/mol. The Morgan fingerprint density at radius 2 is 1.50 bits per heavy atom. The molecule has 0 aliphatic rings. The summed E-state index contributed by atoms with van der Waals surface area (Å²) in [6.07, 6.45) is 0. The molecule has 0 saturated heterocycles. The van der Waals surface area contributed by atoms with Crippen molar-refractivity contribution in [2.45, 2.75) is 0 Å². The zero-order valence-corrected chi connectivity index (χ0v) is 11.3. The summed E-state index contributed by atoms with van der Waals surface area (Å²) in [6, 6.07) is 16.0. The van der Waals surface area contributed by atoms with Crippen LogP contribution in [0.15, 0.2) is 58.7 Å². The van der Waals surface area contributed by atoms with Gasteiger partial charge in [0.15, 0.2) is 0 Å². The highest BCUT2D eigenvalue weighted by Gasteiger charge is 2.17. The summed E-state index contributed by atoms with van der Waals surface area (Å²) in [5, 5.41) is 6.37. The van der Waals surface area contributed by atoms with Crippen molar-refractivity contribution in [3.63, 3.8) is 0 Å². The molecule has 20 heavy (non-hydrogen) atoms. The summed E-state index contributed by atoms with van der Waals surface area (Å²) in [6.45, 7) is 0. The van der Waals surface area contributed by atoms with Gasteiger partial charge in [0.2, 0.25) is 0 Å². The normalized spacial score (nSPS) is 12.2. The standard InChI is InChI=1S/C17H9NOS/c19-17-12-7-2-1-6-11(12)16-15-13(9-20-16)10-5-3-4-8-14(10)18(15)17/h1-9H. The van der Waals surface area contributed by atoms with E-state index in [9.17, 15) is 4.79 Å². The van der Waals surface area contributed by atoms with Crippen molar-refractivity contribution in [1.82, 2.24) is 4.40 Å². The van der Waals surface area contributed by atoms with Gasteiger partial charge in [-0.1, -0.05) is 36.4 Å². The fourth-order valence-electron chi connectivity index (χ4n) is 3.17. The molecule has 5 aromatic rings. The van der Waals surface area contributed by atoms with Crippen LogP contribution in [0.4, 0.5) is 0 Å². The second-order valence-corrected chi connectivity index (χ2v) is 5.91. The number of thiophene rings is 1. The quantitative estimate of drug-likeness (QED) is 0.414. The number of hydrogen-bond donors (Lipinski definition) is 0. The van der Waals surface area contributed by atoms with Gasteiger partial charge < -0.3 is 0 Å². The minimum Gasteiger partial charge on any atom is -0.274 e. The first-order valence-electron chi connectivity index (χ1n) is 6.51. The van der Waals surface area contributed by atoms with Gasteiger partial charge in [-0.2, -0.15) is 0 Å². The maximum atomic E-state index is 12.8. The monoisotopic (exact) mass is 275 g/mol. The lowest BCUT2D eigenvalue weighted by Crippen LogP contribution is -2.12. The van der Waals surface area contributed by atoms with Gasteiger partial charge in [-0.05, 0) is 12.1 Å². The molecule has 0 bridgehead atoms. The minimum atomic E-state index is 0.0812. The molecule has 0 fully saturated rings. The third-order valence-corrected chi connectivity index (χ3v) is 5.03. The molecule has 0 aliphatic heterocycles. The second kappa shape index (κ2) is 3.38. The van der Waals surface area contributed by atoms with E-state index in [1.807, 2.05) is 46.9 Å². The molecule has 0 amide bonds. The summed E-state index contributed by atoms with van der Waals surface area (Å²) >= 11 is 1.72. The van der Waals surface area contributed by atoms with E-state index in [2.05, 4.69) is 11.4 Å². The third-order valence-electron chi connectivity index (χ3n) is 4.03. The van der Waals surface area contributed by atoms with Crippen LogP contribution in [0.2, 0.25) is 0 Å². The Balaban J connectivity index is 2.32. The number of benzene rings is 2. The largest absolute Gasteiger partial charge is 0.274 e. The average molecular weight is 275 g/mol. The molecule has 0 saturated carbocycles. The summed E-state index contributed by atoms with van der Waals surface area (Å²) in [5.74, 6) is 0. The van der Waals surface area contributed by atoms with E-state index in [4.69, 9.17) is 0 Å². The Hall–Kier alpha value is -2.39. The van der Waals surface area contributed by atoms with Crippen LogP contribution < -0.4 is 5.56 Å². The fraction of sp³-hybridized carbons (Fsp3) is 0. The van der Waals surface area contributed by atoms with E-state index in [1.165, 1.54) is 10.1 Å². The number of hydrogen-bond acceptors (Lipinski definition) is 2. The van der Waals surface area contributed by atoms with Gasteiger partial charge in [0.25, 0.3) is 5.56 Å². The maximum absolute atomic E-state index is 12.8. The number of para-hydroxylation sites is 1. The Labute approximate surface area is 117 Å². The molecule has 3 heteroatoms. The van der Waals surface area contributed by atoms with Crippen molar-refractivity contribution in [1.29, 1.82) is 0 Å². The molecule has 0 atom stereocenters. The van der Waals surface area contributed by atoms with Crippen molar-refractivity contribution in [3.05, 3.63) is 64.3 Å². The predicted octanol–water partition coefficient (Wildman–Crippen LogP) is 4.26. The number of pyridine rings is 1. The van der Waals surface area contributed by atoms with Gasteiger partial charge in [-0.15, -0.1) is 11.3 Å². The van der Waals surface area contributed by atoms with Crippen LogP contribution in [-0.2, 0) is 0 Å². The molecule has 0 unspecified atom stereocenters. The summed E-state index contributed by atoms with van der Waals surface area (Å²) in [7, 11) is 0. The number of aromatic nitrogens is 1. The molecule has 2 aromatic carbocycles. The van der Waals surface area contributed by atoms with E-state index in [0.717, 1.165) is 27.2 Å². The van der Waals surface area contributed by atoms with Gasteiger partial charge in [-0.3, -0.25) is 9.20 Å². The van der Waals surface area contributed by atoms with Crippen molar-refractivity contribution >= 4 is 48.6 Å². The average Bonchev–Trinajstić information content (AvgIpc) is 3.05. The fourth-order valence-corrected chi connectivity index (χ4v) is 4.26. The molecule has 3 heterocycles. The van der Waals surface area contributed by atoms with Crippen LogP contribution in [-0.4, -0.2) is 4.40 Å². The van der Waals surface area contributed by atoms with Gasteiger partial charge >= 0.3 is 0 Å². The smallest absolute Gasteiger partial charge is 0.263 e. The molecule has 0 radical (unpaired) electrons. The Morgan fingerprint density at radius 3 is 2.35 bits per heavy atom. The topological polar surface area (TPSA) is 21.5 Å². The van der Waals surface area contributed by atoms with Gasteiger partial charge in [0.1, 0.15) is 0 Å². The number of fused-ring (bicyclic) bond motifs is 5. The number of nitrogens with zero attached hydrogens (tertiary/aromatic N) is 1. The minimum absolute atomic E-state index is 0.0812. The molecule has 3 aromatic heterocycles. The van der Waals surface area contributed by atoms with Crippen LogP contribution in [0.3, 0.4) is 0 Å². The molecular weight excluding hydrogens is 266 g/mol. The zero-order valence-electron chi connectivity index (χ0n) is 10.5. The lowest BCUT2D eigenvalue weighted by molar-refractivity contribution is 1.21. The first kappa shape index (κ1) is 10.4. The molecule has 0 spiro atoms. The zero-order chi connectivity index (χ0) is 13.3. The van der Waals surface area contributed by atoms with Crippen molar-refractivity contribution < 1.29 is 0 Å². The van der Waals surface area contributed by atoms with Crippen molar-refractivity contribution in [2.24, 2.45) is 0 Å². The Morgan fingerprint density at radius 1 is 0.800 bits per heavy atom. The van der Waals surface area contributed by atoms with Crippen LogP contribution in [0.5, 0.6) is 0 Å². The van der Waals surface area contributed by atoms with Gasteiger partial charge in [0, 0.05) is 26.9 Å². The molecule has 94 valence electrons. The molecule has 5 rings (SSSR count). The SMILES string of the molecule is O=c1c2ccccc2c2scc3c4ccccc4n1c32. The molecular formula is C17H9NOS. The third kappa shape index (κ3) is 1.04. The summed E-state index contributed by atoms with van der Waals surface area (Å²) < 4.78 is 3.07. The Bertz CT molecular complexity index is 1170. The summed E-state index contributed by atoms with van der Waals surface area (Å²) in [4.78, 5) is 12.8. The highest BCUT2D eigenvalue weighted by Crippen LogP contribution is 2.38. The Kier molecular flexibility index (Phi) is 1.76.